The van der Waals surface area contributed by atoms with Gasteiger partial charge in [0.1, 0.15) is 0 Å². The van der Waals surface area contributed by atoms with Crippen LogP contribution in [0, 0.1) is 0 Å². The normalized spacial score (nSPS) is 29.6. The van der Waals surface area contributed by atoms with E-state index in [1.807, 2.05) is 0 Å². The molecule has 2 atom stereocenters. The summed E-state index contributed by atoms with van der Waals surface area (Å²) in [5.41, 5.74) is 2.62. The van der Waals surface area contributed by atoms with E-state index < -0.39 is 0 Å². The molecule has 1 aromatic rings. The lowest BCUT2D eigenvalue weighted by molar-refractivity contribution is 0.0753. The van der Waals surface area contributed by atoms with Crippen molar-refractivity contribution in [3.8, 4) is 0 Å². The maximum Gasteiger partial charge on any atom is 0.0777 e. The molecule has 0 spiro atoms. The van der Waals surface area contributed by atoms with Gasteiger partial charge in [0.05, 0.1) is 12.1 Å². The van der Waals surface area contributed by atoms with Crippen LogP contribution in [0.25, 0.3) is 0 Å². The molecule has 1 aliphatic heterocycles. The van der Waals surface area contributed by atoms with Gasteiger partial charge in [-0.1, -0.05) is 28.1 Å². The molecule has 1 saturated heterocycles. The quantitative estimate of drug-likeness (QED) is 0.855. The van der Waals surface area contributed by atoms with Crippen molar-refractivity contribution in [2.75, 3.05) is 13.1 Å². The Hall–Kier alpha value is -0.380. The zero-order valence-electron chi connectivity index (χ0n) is 9.19. The molecule has 16 heavy (non-hydrogen) atoms. The maximum absolute atomic E-state index is 10.2. The van der Waals surface area contributed by atoms with Crippen LogP contribution in [0.5, 0.6) is 0 Å². The van der Waals surface area contributed by atoms with Crippen LogP contribution in [0.4, 0.5) is 0 Å². The number of hydrogen-bond donors (Lipinski definition) is 1. The first-order valence-corrected chi connectivity index (χ1v) is 6.76. The number of benzene rings is 1. The number of rotatable bonds is 1. The smallest absolute Gasteiger partial charge is 0.0777 e. The molecule has 1 fully saturated rings. The lowest BCUT2D eigenvalue weighted by atomic mass is 10.1. The standard InChI is InChI=1S/C13H16BrNO/c14-11-5-3-4-9-10(11)8-12(16)13(9)15-6-1-2-7-15/h3-5,12-13,16H,1-2,6-8H2. The molecule has 0 saturated carbocycles. The fourth-order valence-electron chi connectivity index (χ4n) is 3.06. The van der Waals surface area contributed by atoms with Crippen molar-refractivity contribution in [2.24, 2.45) is 0 Å². The van der Waals surface area contributed by atoms with Gasteiger partial charge >= 0.3 is 0 Å². The molecule has 0 radical (unpaired) electrons. The van der Waals surface area contributed by atoms with Crippen LogP contribution < -0.4 is 0 Å². The van der Waals surface area contributed by atoms with Gasteiger partial charge in [-0.2, -0.15) is 0 Å². The first kappa shape index (κ1) is 10.8. The Bertz CT molecular complexity index is 401. The highest BCUT2D eigenvalue weighted by atomic mass is 79.9. The van der Waals surface area contributed by atoms with Crippen molar-refractivity contribution < 1.29 is 5.11 Å². The minimum Gasteiger partial charge on any atom is -0.391 e. The second kappa shape index (κ2) is 4.13. The summed E-state index contributed by atoms with van der Waals surface area (Å²) in [5, 5.41) is 10.2. The molecule has 0 bridgehead atoms. The van der Waals surface area contributed by atoms with Crippen LogP contribution in [0.2, 0.25) is 0 Å². The maximum atomic E-state index is 10.2. The third-order valence-electron chi connectivity index (χ3n) is 3.79. The molecule has 2 aliphatic rings. The Balaban J connectivity index is 1.99. The Morgan fingerprint density at radius 2 is 2.00 bits per heavy atom. The summed E-state index contributed by atoms with van der Waals surface area (Å²) in [5.74, 6) is 0. The van der Waals surface area contributed by atoms with Gasteiger partial charge in [0.25, 0.3) is 0 Å². The fourth-order valence-corrected chi connectivity index (χ4v) is 3.60. The molecular formula is C13H16BrNO. The first-order chi connectivity index (χ1) is 7.77. The summed E-state index contributed by atoms with van der Waals surface area (Å²) in [6.07, 6.45) is 3.10. The van der Waals surface area contributed by atoms with E-state index in [2.05, 4.69) is 39.0 Å². The number of aliphatic hydroxyl groups is 1. The molecular weight excluding hydrogens is 266 g/mol. The van der Waals surface area contributed by atoms with E-state index in [1.165, 1.54) is 24.0 Å². The number of nitrogens with zero attached hydrogens (tertiary/aromatic N) is 1. The molecule has 2 unspecified atom stereocenters. The monoisotopic (exact) mass is 281 g/mol. The van der Waals surface area contributed by atoms with Gasteiger partial charge in [0, 0.05) is 10.9 Å². The molecule has 1 aromatic carbocycles. The van der Waals surface area contributed by atoms with Crippen LogP contribution in [0.15, 0.2) is 22.7 Å². The van der Waals surface area contributed by atoms with E-state index >= 15 is 0 Å². The van der Waals surface area contributed by atoms with Crippen molar-refractivity contribution >= 4 is 15.9 Å². The Morgan fingerprint density at radius 3 is 2.75 bits per heavy atom. The average molecular weight is 282 g/mol. The van der Waals surface area contributed by atoms with E-state index in [0.717, 1.165) is 24.0 Å². The SMILES string of the molecule is OC1Cc2c(Br)cccc2C1N1CCCC1. The molecule has 2 nitrogen and oxygen atoms in total. The van der Waals surface area contributed by atoms with Crippen LogP contribution >= 0.6 is 15.9 Å². The predicted molar refractivity (Wildman–Crippen MR) is 67.4 cm³/mol. The summed E-state index contributed by atoms with van der Waals surface area (Å²) in [6.45, 7) is 2.27. The van der Waals surface area contributed by atoms with E-state index in [-0.39, 0.29) is 12.1 Å². The van der Waals surface area contributed by atoms with Gasteiger partial charge in [-0.3, -0.25) is 4.90 Å². The average Bonchev–Trinajstić information content (AvgIpc) is 2.85. The van der Waals surface area contributed by atoms with Crippen LogP contribution in [0.3, 0.4) is 0 Å². The van der Waals surface area contributed by atoms with Crippen LogP contribution in [-0.2, 0) is 6.42 Å². The topological polar surface area (TPSA) is 23.5 Å². The van der Waals surface area contributed by atoms with Gasteiger partial charge in [0.2, 0.25) is 0 Å². The fraction of sp³-hybridized carbons (Fsp3) is 0.538. The second-order valence-electron chi connectivity index (χ2n) is 4.77. The van der Waals surface area contributed by atoms with Gasteiger partial charge in [-0.15, -0.1) is 0 Å². The lowest BCUT2D eigenvalue weighted by Crippen LogP contribution is -2.31. The van der Waals surface area contributed by atoms with Crippen molar-refractivity contribution in [1.82, 2.24) is 4.90 Å². The van der Waals surface area contributed by atoms with Crippen molar-refractivity contribution in [3.05, 3.63) is 33.8 Å². The number of halogens is 1. The summed E-state index contributed by atoms with van der Waals surface area (Å²) < 4.78 is 1.14. The molecule has 86 valence electrons. The van der Waals surface area contributed by atoms with E-state index in [9.17, 15) is 5.11 Å². The Morgan fingerprint density at radius 1 is 1.25 bits per heavy atom. The highest BCUT2D eigenvalue weighted by Gasteiger charge is 2.37. The van der Waals surface area contributed by atoms with Gasteiger partial charge in [-0.05, 0) is 43.1 Å². The largest absolute Gasteiger partial charge is 0.391 e. The van der Waals surface area contributed by atoms with Crippen molar-refractivity contribution in [2.45, 2.75) is 31.4 Å². The number of likely N-dealkylation sites (tertiary alicyclic amines) is 1. The Kier molecular flexibility index (Phi) is 2.78. The van der Waals surface area contributed by atoms with Gasteiger partial charge in [0.15, 0.2) is 0 Å². The first-order valence-electron chi connectivity index (χ1n) is 5.97. The van der Waals surface area contributed by atoms with Crippen molar-refractivity contribution in [1.29, 1.82) is 0 Å². The number of aliphatic hydroxyl groups excluding tert-OH is 1. The van der Waals surface area contributed by atoms with Crippen LogP contribution in [-0.4, -0.2) is 29.2 Å². The summed E-state index contributed by atoms with van der Waals surface area (Å²) in [4.78, 5) is 2.43. The highest BCUT2D eigenvalue weighted by Crippen LogP contribution is 2.40. The van der Waals surface area contributed by atoms with Gasteiger partial charge in [-0.25, -0.2) is 0 Å². The molecule has 1 N–H and O–H groups in total. The zero-order valence-corrected chi connectivity index (χ0v) is 10.8. The minimum absolute atomic E-state index is 0.230. The van der Waals surface area contributed by atoms with E-state index in [4.69, 9.17) is 0 Å². The Labute approximate surface area is 104 Å². The van der Waals surface area contributed by atoms with E-state index in [0.29, 0.717) is 0 Å². The highest BCUT2D eigenvalue weighted by molar-refractivity contribution is 9.10. The minimum atomic E-state index is -0.230. The summed E-state index contributed by atoms with van der Waals surface area (Å²) in [6, 6.07) is 6.54. The van der Waals surface area contributed by atoms with E-state index in [1.54, 1.807) is 0 Å². The molecule has 3 heteroatoms. The molecule has 3 rings (SSSR count). The van der Waals surface area contributed by atoms with Crippen LogP contribution in [0.1, 0.15) is 30.0 Å². The summed E-state index contributed by atoms with van der Waals surface area (Å²) in [7, 11) is 0. The third-order valence-corrected chi connectivity index (χ3v) is 4.53. The molecule has 0 amide bonds. The summed E-state index contributed by atoms with van der Waals surface area (Å²) >= 11 is 3.58. The van der Waals surface area contributed by atoms with Crippen molar-refractivity contribution in [3.63, 3.8) is 0 Å². The number of hydrogen-bond acceptors (Lipinski definition) is 2. The third kappa shape index (κ3) is 1.62. The van der Waals surface area contributed by atoms with Gasteiger partial charge < -0.3 is 5.11 Å². The molecule has 1 heterocycles. The second-order valence-corrected chi connectivity index (χ2v) is 5.62. The predicted octanol–water partition coefficient (Wildman–Crippen LogP) is 2.50. The number of fused-ring (bicyclic) bond motifs is 1. The molecule has 1 aliphatic carbocycles. The lowest BCUT2D eigenvalue weighted by Gasteiger charge is -2.27. The molecule has 0 aromatic heterocycles. The zero-order chi connectivity index (χ0) is 11.1.